The number of halogens is 3. The lowest BCUT2D eigenvalue weighted by atomic mass is 10.1. The zero-order valence-electron chi connectivity index (χ0n) is 19.5. The lowest BCUT2D eigenvalue weighted by Gasteiger charge is -2.24. The van der Waals surface area contributed by atoms with Crippen LogP contribution in [0.15, 0.2) is 66.9 Å². The number of rotatable bonds is 6. The lowest BCUT2D eigenvalue weighted by molar-refractivity contribution is -0.137. The van der Waals surface area contributed by atoms with Crippen LogP contribution in [0.4, 0.5) is 23.8 Å². The number of carboxylic acid groups (broad SMARTS) is 1. The molecule has 11 heteroatoms. The summed E-state index contributed by atoms with van der Waals surface area (Å²) in [6.45, 7) is 0.397. The predicted octanol–water partition coefficient (Wildman–Crippen LogP) is 4.78. The van der Waals surface area contributed by atoms with E-state index in [1.54, 1.807) is 30.5 Å². The molecule has 37 heavy (non-hydrogen) atoms. The smallest absolute Gasteiger partial charge is 0.416 e. The number of likely N-dealkylation sites (tertiary alicyclic amines) is 1. The SMILES string of the molecule is O=C(O)c1ccc(-c2ccc(NC(=O)[C@H]3CCCN3C(=O)NCc3ccc(C(F)(F)F)cc3)nc2)cc1. The molecule has 1 aromatic heterocycles. The molecule has 1 aliphatic rings. The zero-order valence-corrected chi connectivity index (χ0v) is 19.5. The van der Waals surface area contributed by atoms with Crippen LogP contribution >= 0.6 is 0 Å². The number of hydrogen-bond acceptors (Lipinski definition) is 4. The minimum Gasteiger partial charge on any atom is -0.478 e. The maximum Gasteiger partial charge on any atom is 0.416 e. The summed E-state index contributed by atoms with van der Waals surface area (Å²) in [5.41, 5.74) is 1.41. The number of carbonyl (C=O) groups excluding carboxylic acids is 2. The van der Waals surface area contributed by atoms with E-state index in [1.165, 1.54) is 29.2 Å². The molecular weight excluding hydrogens is 489 g/mol. The van der Waals surface area contributed by atoms with E-state index in [2.05, 4.69) is 15.6 Å². The first-order chi connectivity index (χ1) is 17.6. The van der Waals surface area contributed by atoms with Crippen LogP contribution in [-0.2, 0) is 17.5 Å². The van der Waals surface area contributed by atoms with E-state index >= 15 is 0 Å². The monoisotopic (exact) mass is 512 g/mol. The van der Waals surface area contributed by atoms with Crippen molar-refractivity contribution in [3.63, 3.8) is 0 Å². The molecule has 4 rings (SSSR count). The number of hydrogen-bond donors (Lipinski definition) is 3. The van der Waals surface area contributed by atoms with E-state index in [4.69, 9.17) is 5.11 Å². The summed E-state index contributed by atoms with van der Waals surface area (Å²) >= 11 is 0. The second-order valence-electron chi connectivity index (χ2n) is 8.51. The molecule has 0 spiro atoms. The molecule has 1 aliphatic heterocycles. The molecule has 0 radical (unpaired) electrons. The Balaban J connectivity index is 1.33. The average Bonchev–Trinajstić information content (AvgIpc) is 3.38. The summed E-state index contributed by atoms with van der Waals surface area (Å²) in [4.78, 5) is 42.2. The molecule has 1 fully saturated rings. The second-order valence-corrected chi connectivity index (χ2v) is 8.51. The Morgan fingerprint density at radius 1 is 0.973 bits per heavy atom. The first kappa shape index (κ1) is 25.7. The quantitative estimate of drug-likeness (QED) is 0.440. The Kier molecular flexibility index (Phi) is 7.42. The number of alkyl halides is 3. The molecule has 3 amide bonds. The number of benzene rings is 2. The van der Waals surface area contributed by atoms with Gasteiger partial charge in [0.25, 0.3) is 0 Å². The summed E-state index contributed by atoms with van der Waals surface area (Å²) in [6.07, 6.45) is -1.78. The molecule has 1 atom stereocenters. The summed E-state index contributed by atoms with van der Waals surface area (Å²) < 4.78 is 38.1. The standard InChI is InChI=1S/C26H23F3N4O4/c27-26(28,29)20-10-3-16(4-11-20)14-31-25(37)33-13-1-2-21(33)23(34)32-22-12-9-19(15-30-22)17-5-7-18(8-6-17)24(35)36/h3-12,15,21H,1-2,13-14H2,(H,31,37)(H,35,36)(H,30,32,34)/t21-/m1/s1. The van der Waals surface area contributed by atoms with Gasteiger partial charge in [0.05, 0.1) is 11.1 Å². The zero-order chi connectivity index (χ0) is 26.6. The third kappa shape index (κ3) is 6.24. The number of amides is 3. The minimum absolute atomic E-state index is 0.0261. The van der Waals surface area contributed by atoms with Crippen molar-refractivity contribution in [3.8, 4) is 11.1 Å². The van der Waals surface area contributed by atoms with Crippen LogP contribution in [-0.4, -0.2) is 45.5 Å². The number of aromatic nitrogens is 1. The Morgan fingerprint density at radius 3 is 2.24 bits per heavy atom. The van der Waals surface area contributed by atoms with Gasteiger partial charge in [0.15, 0.2) is 0 Å². The number of nitrogens with one attached hydrogen (secondary N) is 2. The van der Waals surface area contributed by atoms with Crippen molar-refractivity contribution < 1.29 is 32.7 Å². The van der Waals surface area contributed by atoms with Crippen LogP contribution in [0.3, 0.4) is 0 Å². The summed E-state index contributed by atoms with van der Waals surface area (Å²) in [6, 6.07) is 13.0. The first-order valence-electron chi connectivity index (χ1n) is 11.4. The van der Waals surface area contributed by atoms with Crippen molar-refractivity contribution in [3.05, 3.63) is 83.6 Å². The van der Waals surface area contributed by atoms with Crippen LogP contribution in [0.25, 0.3) is 11.1 Å². The van der Waals surface area contributed by atoms with Crippen molar-refractivity contribution in [2.75, 3.05) is 11.9 Å². The largest absolute Gasteiger partial charge is 0.478 e. The average molecular weight is 512 g/mol. The van der Waals surface area contributed by atoms with Gasteiger partial charge in [-0.3, -0.25) is 4.79 Å². The fourth-order valence-electron chi connectivity index (χ4n) is 4.03. The molecule has 0 saturated carbocycles. The summed E-state index contributed by atoms with van der Waals surface area (Å²) in [7, 11) is 0. The van der Waals surface area contributed by atoms with Gasteiger partial charge in [-0.25, -0.2) is 14.6 Å². The number of carbonyl (C=O) groups is 3. The highest BCUT2D eigenvalue weighted by atomic mass is 19.4. The lowest BCUT2D eigenvalue weighted by Crippen LogP contribution is -2.47. The van der Waals surface area contributed by atoms with Crippen molar-refractivity contribution in [1.82, 2.24) is 15.2 Å². The Hall–Kier alpha value is -4.41. The van der Waals surface area contributed by atoms with Gasteiger partial charge in [-0.1, -0.05) is 24.3 Å². The minimum atomic E-state index is -4.43. The van der Waals surface area contributed by atoms with Crippen molar-refractivity contribution >= 4 is 23.7 Å². The molecule has 1 saturated heterocycles. The van der Waals surface area contributed by atoms with Gasteiger partial charge in [0.1, 0.15) is 11.9 Å². The first-order valence-corrected chi connectivity index (χ1v) is 11.4. The molecule has 3 aromatic rings. The highest BCUT2D eigenvalue weighted by Crippen LogP contribution is 2.29. The van der Waals surface area contributed by atoms with Gasteiger partial charge >= 0.3 is 18.2 Å². The van der Waals surface area contributed by atoms with Crippen molar-refractivity contribution in [2.24, 2.45) is 0 Å². The fraction of sp³-hybridized carbons (Fsp3) is 0.231. The maximum absolute atomic E-state index is 12.9. The van der Waals surface area contributed by atoms with Gasteiger partial charge in [-0.05, 0) is 60.4 Å². The molecule has 2 aromatic carbocycles. The number of aromatic carboxylic acids is 1. The molecular formula is C26H23F3N4O4. The molecule has 8 nitrogen and oxygen atoms in total. The Bertz CT molecular complexity index is 1280. The normalized spacial score (nSPS) is 15.3. The second kappa shape index (κ2) is 10.7. The molecule has 2 heterocycles. The van der Waals surface area contributed by atoms with Gasteiger partial charge in [-0.15, -0.1) is 0 Å². The van der Waals surface area contributed by atoms with Crippen molar-refractivity contribution in [1.29, 1.82) is 0 Å². The third-order valence-electron chi connectivity index (χ3n) is 6.02. The van der Waals surface area contributed by atoms with E-state index in [0.717, 1.165) is 23.3 Å². The Morgan fingerprint density at radius 2 is 1.65 bits per heavy atom. The number of pyridine rings is 1. The highest BCUT2D eigenvalue weighted by Gasteiger charge is 2.34. The Labute approximate surface area is 210 Å². The highest BCUT2D eigenvalue weighted by molar-refractivity contribution is 5.96. The van der Waals surface area contributed by atoms with E-state index in [9.17, 15) is 27.6 Å². The molecule has 192 valence electrons. The molecule has 0 aliphatic carbocycles. The third-order valence-corrected chi connectivity index (χ3v) is 6.02. The molecule has 0 bridgehead atoms. The van der Waals surface area contributed by atoms with Gasteiger partial charge in [0, 0.05) is 24.8 Å². The number of anilines is 1. The van der Waals surface area contributed by atoms with Crippen LogP contribution in [0.2, 0.25) is 0 Å². The van der Waals surface area contributed by atoms with Gasteiger partial charge in [0.2, 0.25) is 5.91 Å². The maximum atomic E-state index is 12.9. The number of urea groups is 1. The van der Waals surface area contributed by atoms with E-state index in [-0.39, 0.29) is 12.1 Å². The van der Waals surface area contributed by atoms with Crippen LogP contribution < -0.4 is 10.6 Å². The van der Waals surface area contributed by atoms with Gasteiger partial charge in [-0.2, -0.15) is 13.2 Å². The molecule has 0 unspecified atom stereocenters. The predicted molar refractivity (Wildman–Crippen MR) is 129 cm³/mol. The number of carboxylic acids is 1. The summed E-state index contributed by atoms with van der Waals surface area (Å²) in [5.74, 6) is -1.11. The number of nitrogens with zero attached hydrogens (tertiary/aromatic N) is 2. The molecule has 3 N–H and O–H groups in total. The van der Waals surface area contributed by atoms with Crippen LogP contribution in [0.1, 0.15) is 34.3 Å². The fourth-order valence-corrected chi connectivity index (χ4v) is 4.03. The van der Waals surface area contributed by atoms with E-state index in [1.807, 2.05) is 0 Å². The van der Waals surface area contributed by atoms with Gasteiger partial charge < -0.3 is 20.6 Å². The van der Waals surface area contributed by atoms with Crippen LogP contribution in [0, 0.1) is 0 Å². The van der Waals surface area contributed by atoms with Crippen LogP contribution in [0.5, 0.6) is 0 Å². The topological polar surface area (TPSA) is 112 Å². The van der Waals surface area contributed by atoms with E-state index < -0.39 is 35.7 Å². The van der Waals surface area contributed by atoms with Crippen molar-refractivity contribution in [2.45, 2.75) is 31.6 Å². The van der Waals surface area contributed by atoms with E-state index in [0.29, 0.717) is 30.8 Å². The summed E-state index contributed by atoms with van der Waals surface area (Å²) in [5, 5.41) is 14.4.